The Morgan fingerprint density at radius 3 is 2.46 bits per heavy atom. The van der Waals surface area contributed by atoms with Gasteiger partial charge in [-0.2, -0.15) is 5.10 Å². The number of aromatic nitrogens is 3. The molecule has 0 aliphatic carbocycles. The number of likely N-dealkylation sites (N-methyl/N-ethyl adjacent to an activating group) is 1. The zero-order valence-corrected chi connectivity index (χ0v) is 15.5. The van der Waals surface area contributed by atoms with Gasteiger partial charge in [-0.15, -0.1) is 0 Å². The lowest BCUT2D eigenvalue weighted by Gasteiger charge is -2.25. The van der Waals surface area contributed by atoms with Crippen LogP contribution in [-0.2, 0) is 11.2 Å². The number of rotatable bonds is 6. The van der Waals surface area contributed by atoms with Gasteiger partial charge in [0, 0.05) is 19.0 Å². The maximum absolute atomic E-state index is 12.7. The molecule has 8 nitrogen and oxygen atoms in total. The molecule has 0 spiro atoms. The maximum Gasteiger partial charge on any atom is 0.326 e. The van der Waals surface area contributed by atoms with Crippen molar-refractivity contribution in [1.29, 1.82) is 0 Å². The molecule has 8 heteroatoms. The summed E-state index contributed by atoms with van der Waals surface area (Å²) in [4.78, 5) is 29.6. The van der Waals surface area contributed by atoms with E-state index in [0.29, 0.717) is 5.56 Å². The number of carbonyl (C=O) groups is 2. The van der Waals surface area contributed by atoms with E-state index in [1.807, 2.05) is 12.1 Å². The minimum atomic E-state index is -1.10. The van der Waals surface area contributed by atoms with Crippen molar-refractivity contribution in [3.05, 3.63) is 71.8 Å². The molecule has 0 bridgehead atoms. The van der Waals surface area contributed by atoms with Crippen LogP contribution in [0.25, 0.3) is 5.69 Å². The Balaban J connectivity index is 1.79. The first-order valence-corrected chi connectivity index (χ1v) is 8.59. The number of phenols is 1. The first-order valence-electron chi connectivity index (χ1n) is 8.59. The van der Waals surface area contributed by atoms with E-state index in [-0.39, 0.29) is 17.7 Å². The van der Waals surface area contributed by atoms with Gasteiger partial charge in [-0.05, 0) is 48.4 Å². The molecule has 2 N–H and O–H groups in total. The van der Waals surface area contributed by atoms with Gasteiger partial charge in [0.2, 0.25) is 0 Å². The highest BCUT2D eigenvalue weighted by Gasteiger charge is 2.28. The van der Waals surface area contributed by atoms with Gasteiger partial charge in [-0.25, -0.2) is 14.5 Å². The third-order valence-electron chi connectivity index (χ3n) is 4.43. The molecule has 3 rings (SSSR count). The molecular weight excluding hydrogens is 360 g/mol. The van der Waals surface area contributed by atoms with E-state index >= 15 is 0 Å². The summed E-state index contributed by atoms with van der Waals surface area (Å²) in [5, 5.41) is 23.4. The van der Waals surface area contributed by atoms with Crippen molar-refractivity contribution < 1.29 is 19.8 Å². The molecule has 1 amide bonds. The van der Waals surface area contributed by atoms with Crippen LogP contribution in [0, 0.1) is 6.92 Å². The van der Waals surface area contributed by atoms with Crippen molar-refractivity contribution in [1.82, 2.24) is 19.7 Å². The van der Waals surface area contributed by atoms with E-state index in [4.69, 9.17) is 0 Å². The monoisotopic (exact) mass is 380 g/mol. The minimum Gasteiger partial charge on any atom is -0.508 e. The van der Waals surface area contributed by atoms with Gasteiger partial charge in [0.1, 0.15) is 24.4 Å². The Kier molecular flexibility index (Phi) is 5.39. The van der Waals surface area contributed by atoms with Crippen LogP contribution in [0.4, 0.5) is 0 Å². The average molecular weight is 380 g/mol. The van der Waals surface area contributed by atoms with Gasteiger partial charge in [0.15, 0.2) is 0 Å². The van der Waals surface area contributed by atoms with Crippen LogP contribution in [0.15, 0.2) is 55.1 Å². The van der Waals surface area contributed by atoms with Gasteiger partial charge < -0.3 is 15.1 Å². The molecular formula is C20H20N4O4. The lowest BCUT2D eigenvalue weighted by atomic mass is 10.0. The Labute approximate surface area is 161 Å². The number of phenolic OH excluding ortho intramolecular Hbond substituents is 1. The van der Waals surface area contributed by atoms with E-state index in [2.05, 4.69) is 10.1 Å². The number of amides is 1. The highest BCUT2D eigenvalue weighted by molar-refractivity contribution is 5.97. The summed E-state index contributed by atoms with van der Waals surface area (Å²) >= 11 is 0. The molecule has 0 saturated carbocycles. The first-order chi connectivity index (χ1) is 13.3. The van der Waals surface area contributed by atoms with E-state index < -0.39 is 17.9 Å². The first kappa shape index (κ1) is 19.1. The van der Waals surface area contributed by atoms with Gasteiger partial charge in [-0.1, -0.05) is 12.1 Å². The number of hydrogen-bond donors (Lipinski definition) is 2. The Hall–Kier alpha value is -3.68. The molecule has 0 aliphatic heterocycles. The number of aromatic hydroxyl groups is 1. The quantitative estimate of drug-likeness (QED) is 0.677. The number of hydrogen-bond acceptors (Lipinski definition) is 5. The summed E-state index contributed by atoms with van der Waals surface area (Å²) in [5.74, 6) is -1.61. The van der Waals surface area contributed by atoms with Crippen molar-refractivity contribution in [3.63, 3.8) is 0 Å². The summed E-state index contributed by atoms with van der Waals surface area (Å²) in [6, 6.07) is 10.6. The number of carboxylic acid groups (broad SMARTS) is 1. The molecule has 28 heavy (non-hydrogen) atoms. The third kappa shape index (κ3) is 4.17. The lowest BCUT2D eigenvalue weighted by Crippen LogP contribution is -2.43. The summed E-state index contributed by atoms with van der Waals surface area (Å²) in [5.41, 5.74) is 2.52. The van der Waals surface area contributed by atoms with Crippen molar-refractivity contribution in [2.24, 2.45) is 0 Å². The van der Waals surface area contributed by atoms with Gasteiger partial charge in [-0.3, -0.25) is 4.79 Å². The van der Waals surface area contributed by atoms with Crippen LogP contribution >= 0.6 is 0 Å². The van der Waals surface area contributed by atoms with Crippen molar-refractivity contribution in [2.75, 3.05) is 7.05 Å². The van der Waals surface area contributed by atoms with Gasteiger partial charge in [0.25, 0.3) is 5.91 Å². The van der Waals surface area contributed by atoms with Crippen molar-refractivity contribution in [2.45, 2.75) is 19.4 Å². The summed E-state index contributed by atoms with van der Waals surface area (Å²) in [6.45, 7) is 1.75. The Morgan fingerprint density at radius 2 is 1.89 bits per heavy atom. The van der Waals surface area contributed by atoms with E-state index in [9.17, 15) is 19.8 Å². The van der Waals surface area contributed by atoms with Gasteiger partial charge >= 0.3 is 5.97 Å². The number of aliphatic carboxylic acids is 1. The fourth-order valence-corrected chi connectivity index (χ4v) is 2.97. The third-order valence-corrected chi connectivity index (χ3v) is 4.43. The lowest BCUT2D eigenvalue weighted by molar-refractivity contribution is -0.141. The Bertz CT molecular complexity index is 964. The second kappa shape index (κ2) is 7.91. The molecule has 0 saturated heterocycles. The minimum absolute atomic E-state index is 0.0349. The van der Waals surface area contributed by atoms with Crippen LogP contribution in [-0.4, -0.2) is 54.8 Å². The zero-order valence-electron chi connectivity index (χ0n) is 15.5. The van der Waals surface area contributed by atoms with Crippen LogP contribution < -0.4 is 0 Å². The fraction of sp³-hybridized carbons (Fsp3) is 0.200. The highest BCUT2D eigenvalue weighted by atomic mass is 16.4. The largest absolute Gasteiger partial charge is 0.508 e. The fourth-order valence-electron chi connectivity index (χ4n) is 2.97. The number of carbonyl (C=O) groups excluding carboxylic acids is 1. The molecule has 0 unspecified atom stereocenters. The topological polar surface area (TPSA) is 109 Å². The van der Waals surface area contributed by atoms with E-state index in [0.717, 1.165) is 11.3 Å². The number of nitrogens with zero attached hydrogens (tertiary/aromatic N) is 4. The smallest absolute Gasteiger partial charge is 0.326 e. The predicted molar refractivity (Wildman–Crippen MR) is 101 cm³/mol. The zero-order chi connectivity index (χ0) is 20.3. The molecule has 1 atom stereocenters. The second-order valence-corrected chi connectivity index (χ2v) is 6.54. The van der Waals surface area contributed by atoms with Crippen molar-refractivity contribution >= 4 is 11.9 Å². The average Bonchev–Trinajstić information content (AvgIpc) is 3.19. The van der Waals surface area contributed by atoms with Crippen LogP contribution in [0.3, 0.4) is 0 Å². The number of carboxylic acids is 1. The van der Waals surface area contributed by atoms with Crippen molar-refractivity contribution in [3.8, 4) is 11.4 Å². The molecule has 0 aliphatic rings. The number of aryl methyl sites for hydroxylation is 1. The summed E-state index contributed by atoms with van der Waals surface area (Å²) < 4.78 is 1.60. The standard InChI is InChI=1S/C20H20N4O4/c1-13-7-15(10-17(25)8-13)19(26)23(2)18(20(27)28)9-14-3-5-16(6-4-14)24-12-21-11-22-24/h3-8,10-12,18,25H,9H2,1-2H3,(H,27,28)/t18-/m0/s1. The van der Waals surface area contributed by atoms with E-state index in [1.165, 1.54) is 30.4 Å². The molecule has 3 aromatic rings. The highest BCUT2D eigenvalue weighted by Crippen LogP contribution is 2.19. The molecule has 1 aromatic heterocycles. The maximum atomic E-state index is 12.7. The van der Waals surface area contributed by atoms with Crippen LogP contribution in [0.5, 0.6) is 5.75 Å². The summed E-state index contributed by atoms with van der Waals surface area (Å²) in [6.07, 6.45) is 3.14. The van der Waals surface area contributed by atoms with Crippen LogP contribution in [0.1, 0.15) is 21.5 Å². The molecule has 0 fully saturated rings. The molecule has 0 radical (unpaired) electrons. The summed E-state index contributed by atoms with van der Waals surface area (Å²) in [7, 11) is 1.45. The molecule has 144 valence electrons. The SMILES string of the molecule is Cc1cc(O)cc(C(=O)N(C)[C@@H](Cc2ccc(-n3cncn3)cc2)C(=O)O)c1. The second-order valence-electron chi connectivity index (χ2n) is 6.54. The van der Waals surface area contributed by atoms with E-state index in [1.54, 1.807) is 36.1 Å². The number of benzene rings is 2. The predicted octanol–water partition coefficient (Wildman–Crippen LogP) is 2.05. The molecule has 2 aromatic carbocycles. The Morgan fingerprint density at radius 1 is 1.18 bits per heavy atom. The molecule has 1 heterocycles. The van der Waals surface area contributed by atoms with Gasteiger partial charge in [0.05, 0.1) is 5.69 Å². The van der Waals surface area contributed by atoms with Crippen LogP contribution in [0.2, 0.25) is 0 Å². The normalized spacial score (nSPS) is 11.8.